The molecule has 4 nitrogen and oxygen atoms in total. The Labute approximate surface area is 104 Å². The summed E-state index contributed by atoms with van der Waals surface area (Å²) in [5, 5.41) is 3.21. The van der Waals surface area contributed by atoms with Gasteiger partial charge in [-0.15, -0.1) is 6.58 Å². The summed E-state index contributed by atoms with van der Waals surface area (Å²) in [7, 11) is 0. The number of nitrogens with one attached hydrogen (secondary N) is 1. The van der Waals surface area contributed by atoms with E-state index in [4.69, 9.17) is 11.6 Å². The number of aromatic nitrogens is 2. The number of aldehydes is 1. The van der Waals surface area contributed by atoms with E-state index in [9.17, 15) is 4.79 Å². The molecule has 0 saturated carbocycles. The Bertz CT molecular complexity index is 373. The zero-order valence-electron chi connectivity index (χ0n) is 8.65. The molecule has 1 rings (SSSR count). The molecule has 1 N–H and O–H groups in total. The zero-order valence-corrected chi connectivity index (χ0v) is 10.2. The molecule has 0 aliphatic rings. The summed E-state index contributed by atoms with van der Waals surface area (Å²) in [5.41, 5.74) is 0.304. The van der Waals surface area contributed by atoms with Crippen molar-refractivity contribution in [2.45, 2.75) is 0 Å². The lowest BCUT2D eigenvalue weighted by molar-refractivity contribution is 0.112. The monoisotopic (exact) mass is 257 g/mol. The van der Waals surface area contributed by atoms with E-state index in [1.807, 2.05) is 6.08 Å². The topological polar surface area (TPSA) is 54.9 Å². The molecule has 0 atom stereocenters. The number of rotatable bonds is 7. The summed E-state index contributed by atoms with van der Waals surface area (Å²) in [5.74, 6) is 2.30. The highest BCUT2D eigenvalue weighted by Crippen LogP contribution is 2.16. The Kier molecular flexibility index (Phi) is 5.88. The van der Waals surface area contributed by atoms with Crippen LogP contribution in [0.25, 0.3) is 0 Å². The van der Waals surface area contributed by atoms with Crippen LogP contribution in [0.15, 0.2) is 19.0 Å². The summed E-state index contributed by atoms with van der Waals surface area (Å²) >= 11 is 7.50. The van der Waals surface area contributed by atoms with Crippen LogP contribution in [-0.4, -0.2) is 34.3 Å². The van der Waals surface area contributed by atoms with Crippen LogP contribution < -0.4 is 5.32 Å². The quantitative estimate of drug-likeness (QED) is 0.352. The summed E-state index contributed by atoms with van der Waals surface area (Å²) in [6.45, 7) is 4.34. The second kappa shape index (κ2) is 7.24. The molecular formula is C10H12ClN3OS. The fourth-order valence-corrected chi connectivity index (χ4v) is 1.79. The maximum atomic E-state index is 10.8. The minimum absolute atomic E-state index is 0.172. The molecule has 0 amide bonds. The molecule has 0 aliphatic carbocycles. The number of hydrogen-bond acceptors (Lipinski definition) is 5. The second-order valence-corrected chi connectivity index (χ2v) is 4.34. The van der Waals surface area contributed by atoms with Crippen LogP contribution in [0.1, 0.15) is 10.4 Å². The molecule has 0 bridgehead atoms. The molecule has 0 unspecified atom stereocenters. The van der Waals surface area contributed by atoms with E-state index in [0.717, 1.165) is 11.5 Å². The number of nitrogens with zero attached hydrogens (tertiary/aromatic N) is 2. The normalized spacial score (nSPS) is 9.81. The van der Waals surface area contributed by atoms with Crippen molar-refractivity contribution in [1.29, 1.82) is 0 Å². The molecular weight excluding hydrogens is 246 g/mol. The molecule has 1 aromatic rings. The first-order valence-electron chi connectivity index (χ1n) is 4.67. The van der Waals surface area contributed by atoms with Crippen LogP contribution in [-0.2, 0) is 0 Å². The van der Waals surface area contributed by atoms with E-state index in [1.54, 1.807) is 11.8 Å². The number of thioether (sulfide) groups is 1. The lowest BCUT2D eigenvalue weighted by atomic mass is 10.3. The van der Waals surface area contributed by atoms with Gasteiger partial charge in [-0.25, -0.2) is 9.97 Å². The average Bonchev–Trinajstić information content (AvgIpc) is 2.29. The predicted octanol–water partition coefficient (Wildman–Crippen LogP) is 2.27. The maximum Gasteiger partial charge on any atom is 0.156 e. The Morgan fingerprint density at radius 1 is 1.56 bits per heavy atom. The molecule has 16 heavy (non-hydrogen) atoms. The molecule has 6 heteroatoms. The Hall–Kier alpha value is -1.07. The number of halogens is 1. The van der Waals surface area contributed by atoms with Crippen LogP contribution in [0.5, 0.6) is 0 Å². The van der Waals surface area contributed by atoms with Crippen molar-refractivity contribution in [1.82, 2.24) is 9.97 Å². The zero-order chi connectivity index (χ0) is 11.8. The number of anilines is 1. The van der Waals surface area contributed by atoms with Crippen molar-refractivity contribution in [3.8, 4) is 0 Å². The van der Waals surface area contributed by atoms with Gasteiger partial charge in [-0.05, 0) is 0 Å². The summed E-state index contributed by atoms with van der Waals surface area (Å²) < 4.78 is 0. The summed E-state index contributed by atoms with van der Waals surface area (Å²) in [6, 6.07) is 0. The molecule has 1 aromatic heterocycles. The van der Waals surface area contributed by atoms with E-state index in [-0.39, 0.29) is 5.15 Å². The van der Waals surface area contributed by atoms with Gasteiger partial charge < -0.3 is 5.32 Å². The minimum Gasteiger partial charge on any atom is -0.369 e. The highest BCUT2D eigenvalue weighted by Gasteiger charge is 2.07. The Morgan fingerprint density at radius 2 is 2.38 bits per heavy atom. The summed E-state index contributed by atoms with van der Waals surface area (Å²) in [4.78, 5) is 18.5. The van der Waals surface area contributed by atoms with Crippen LogP contribution in [0.4, 0.5) is 5.82 Å². The first kappa shape index (κ1) is 13.0. The minimum atomic E-state index is 0.172. The third kappa shape index (κ3) is 3.83. The van der Waals surface area contributed by atoms with Gasteiger partial charge in [0.2, 0.25) is 0 Å². The molecule has 1 heterocycles. The van der Waals surface area contributed by atoms with Gasteiger partial charge in [0.1, 0.15) is 17.3 Å². The number of carbonyl (C=O) groups is 1. The molecule has 0 spiro atoms. The smallest absolute Gasteiger partial charge is 0.156 e. The first-order chi connectivity index (χ1) is 7.79. The van der Waals surface area contributed by atoms with Gasteiger partial charge in [0.25, 0.3) is 0 Å². The number of hydrogen-bond donors (Lipinski definition) is 1. The van der Waals surface area contributed by atoms with E-state index in [0.29, 0.717) is 24.2 Å². The van der Waals surface area contributed by atoms with Crippen molar-refractivity contribution in [2.75, 3.05) is 23.4 Å². The average molecular weight is 258 g/mol. The first-order valence-corrected chi connectivity index (χ1v) is 6.21. The van der Waals surface area contributed by atoms with Gasteiger partial charge in [0, 0.05) is 18.1 Å². The molecule has 0 saturated heterocycles. The fourth-order valence-electron chi connectivity index (χ4n) is 1.03. The Morgan fingerprint density at radius 3 is 3.06 bits per heavy atom. The van der Waals surface area contributed by atoms with Gasteiger partial charge in [0.05, 0.1) is 5.56 Å². The molecule has 86 valence electrons. The van der Waals surface area contributed by atoms with Crippen LogP contribution in [0, 0.1) is 0 Å². The molecule has 0 aliphatic heterocycles. The summed E-state index contributed by atoms with van der Waals surface area (Å²) in [6.07, 6.45) is 3.83. The van der Waals surface area contributed by atoms with Crippen LogP contribution in [0.2, 0.25) is 5.15 Å². The van der Waals surface area contributed by atoms with Gasteiger partial charge >= 0.3 is 0 Å². The van der Waals surface area contributed by atoms with Gasteiger partial charge in [-0.1, -0.05) is 17.7 Å². The van der Waals surface area contributed by atoms with Crippen molar-refractivity contribution >= 4 is 35.5 Å². The molecule has 0 fully saturated rings. The lowest BCUT2D eigenvalue weighted by Crippen LogP contribution is -2.09. The van der Waals surface area contributed by atoms with Crippen LogP contribution in [0.3, 0.4) is 0 Å². The third-order valence-electron chi connectivity index (χ3n) is 1.73. The predicted molar refractivity (Wildman–Crippen MR) is 68.4 cm³/mol. The maximum absolute atomic E-state index is 10.8. The molecule has 0 aromatic carbocycles. The van der Waals surface area contributed by atoms with Crippen molar-refractivity contribution in [2.24, 2.45) is 0 Å². The van der Waals surface area contributed by atoms with E-state index in [2.05, 4.69) is 21.9 Å². The third-order valence-corrected chi connectivity index (χ3v) is 2.99. The van der Waals surface area contributed by atoms with Crippen LogP contribution >= 0.6 is 23.4 Å². The van der Waals surface area contributed by atoms with Crippen molar-refractivity contribution < 1.29 is 4.79 Å². The SMILES string of the molecule is C=CCSCCNc1ncnc(Cl)c1C=O. The van der Waals surface area contributed by atoms with E-state index in [1.165, 1.54) is 6.33 Å². The van der Waals surface area contributed by atoms with E-state index < -0.39 is 0 Å². The highest BCUT2D eigenvalue weighted by molar-refractivity contribution is 7.99. The van der Waals surface area contributed by atoms with Gasteiger partial charge in [-0.2, -0.15) is 11.8 Å². The molecule has 0 radical (unpaired) electrons. The second-order valence-electron chi connectivity index (χ2n) is 2.83. The van der Waals surface area contributed by atoms with E-state index >= 15 is 0 Å². The Balaban J connectivity index is 2.50. The number of carbonyl (C=O) groups excluding carboxylic acids is 1. The highest BCUT2D eigenvalue weighted by atomic mass is 35.5. The largest absolute Gasteiger partial charge is 0.369 e. The van der Waals surface area contributed by atoms with Gasteiger partial charge in [0.15, 0.2) is 6.29 Å². The van der Waals surface area contributed by atoms with Crippen molar-refractivity contribution in [3.05, 3.63) is 29.7 Å². The van der Waals surface area contributed by atoms with Gasteiger partial charge in [-0.3, -0.25) is 4.79 Å². The lowest BCUT2D eigenvalue weighted by Gasteiger charge is -2.07. The standard InChI is InChI=1S/C10H12ClN3OS/c1-2-4-16-5-3-12-10-8(6-15)9(11)13-7-14-10/h2,6-7H,1,3-5H2,(H,12,13,14). The van der Waals surface area contributed by atoms with Crippen molar-refractivity contribution in [3.63, 3.8) is 0 Å². The fraction of sp³-hybridized carbons (Fsp3) is 0.300.